The quantitative estimate of drug-likeness (QED) is 0.357. The Balaban J connectivity index is 1.57. The lowest BCUT2D eigenvalue weighted by Gasteiger charge is -2.36. The maximum absolute atomic E-state index is 12.8. The Hall–Kier alpha value is -3.35. The number of benzene rings is 2. The van der Waals surface area contributed by atoms with Gasteiger partial charge in [0.2, 0.25) is 5.91 Å². The average Bonchev–Trinajstić information content (AvgIpc) is 2.76. The van der Waals surface area contributed by atoms with E-state index in [2.05, 4.69) is 0 Å². The minimum absolute atomic E-state index is 0.0131. The zero-order chi connectivity index (χ0) is 23.5. The van der Waals surface area contributed by atoms with Gasteiger partial charge >= 0.3 is 6.18 Å². The molecule has 0 N–H and O–H groups in total. The van der Waals surface area contributed by atoms with Gasteiger partial charge in [0.25, 0.3) is 11.4 Å². The van der Waals surface area contributed by atoms with Crippen LogP contribution in [0.4, 0.5) is 30.2 Å². The van der Waals surface area contributed by atoms with Crippen molar-refractivity contribution >= 4 is 34.7 Å². The summed E-state index contributed by atoms with van der Waals surface area (Å²) in [7, 11) is 0. The minimum Gasteiger partial charge on any atom is -0.368 e. The first-order valence-electron chi connectivity index (χ1n) is 9.32. The second-order valence-electron chi connectivity index (χ2n) is 6.87. The Bertz CT molecular complexity index is 1020. The molecule has 0 unspecified atom stereocenters. The summed E-state index contributed by atoms with van der Waals surface area (Å²) in [5.74, 6) is -0.434. The van der Waals surface area contributed by atoms with Crippen molar-refractivity contribution in [3.8, 4) is 0 Å². The number of carbonyl (C=O) groups is 1. The van der Waals surface area contributed by atoms with Crippen LogP contribution in [0.1, 0.15) is 5.56 Å². The van der Waals surface area contributed by atoms with Gasteiger partial charge in [0.1, 0.15) is 0 Å². The van der Waals surface area contributed by atoms with E-state index in [4.69, 9.17) is 0 Å². The van der Waals surface area contributed by atoms with Crippen molar-refractivity contribution in [2.75, 3.05) is 36.8 Å². The summed E-state index contributed by atoms with van der Waals surface area (Å²) in [6.45, 7) is 1.75. The lowest BCUT2D eigenvalue weighted by atomic mass is 10.2. The Labute approximate surface area is 184 Å². The van der Waals surface area contributed by atoms with E-state index in [1.165, 1.54) is 12.1 Å². The Morgan fingerprint density at radius 2 is 1.59 bits per heavy atom. The Kier molecular flexibility index (Phi) is 6.87. The van der Waals surface area contributed by atoms with Gasteiger partial charge in [-0.05, 0) is 24.3 Å². The molecule has 13 heteroatoms. The topological polar surface area (TPSA) is 110 Å². The third-order valence-corrected chi connectivity index (χ3v) is 5.94. The highest BCUT2D eigenvalue weighted by Crippen LogP contribution is 2.36. The summed E-state index contributed by atoms with van der Waals surface area (Å²) in [4.78, 5) is 36.6. The van der Waals surface area contributed by atoms with Crippen LogP contribution in [0.5, 0.6) is 0 Å². The van der Waals surface area contributed by atoms with Crippen LogP contribution in [0.15, 0.2) is 47.4 Å². The summed E-state index contributed by atoms with van der Waals surface area (Å²) in [6, 6.07) is 8.30. The molecule has 0 bridgehead atoms. The number of halogens is 3. The van der Waals surface area contributed by atoms with Gasteiger partial charge in [-0.25, -0.2) is 0 Å². The molecular formula is C19H17F3N4O5S. The molecule has 1 amide bonds. The molecule has 1 aliphatic rings. The number of anilines is 1. The molecule has 9 nitrogen and oxygen atoms in total. The normalized spacial score (nSPS) is 14.3. The lowest BCUT2D eigenvalue weighted by molar-refractivity contribution is -0.388. The molecule has 0 atom stereocenters. The molecule has 2 aromatic carbocycles. The monoisotopic (exact) mass is 470 g/mol. The van der Waals surface area contributed by atoms with Crippen LogP contribution in [-0.2, 0) is 11.0 Å². The first-order valence-corrected chi connectivity index (χ1v) is 10.3. The molecule has 32 heavy (non-hydrogen) atoms. The van der Waals surface area contributed by atoms with Gasteiger partial charge < -0.3 is 9.80 Å². The number of alkyl halides is 3. The molecule has 0 radical (unpaired) electrons. The fourth-order valence-electron chi connectivity index (χ4n) is 3.19. The summed E-state index contributed by atoms with van der Waals surface area (Å²) in [5.41, 5.74) is -1.04. The van der Waals surface area contributed by atoms with Crippen molar-refractivity contribution < 1.29 is 27.8 Å². The number of nitrogens with zero attached hydrogens (tertiary/aromatic N) is 4. The third kappa shape index (κ3) is 5.46. The minimum atomic E-state index is -4.70. The SMILES string of the molecule is O=C(CSc1ccc(C(F)(F)F)cc1[N+](=O)[O-])N1CCN(c2ccc([N+](=O)[O-])cc2)CC1. The Morgan fingerprint density at radius 3 is 2.12 bits per heavy atom. The molecule has 0 aromatic heterocycles. The van der Waals surface area contributed by atoms with E-state index in [1.807, 2.05) is 4.90 Å². The average molecular weight is 470 g/mol. The molecule has 0 spiro atoms. The molecular weight excluding hydrogens is 453 g/mol. The fourth-order valence-corrected chi connectivity index (χ4v) is 4.10. The number of non-ortho nitro benzene ring substituents is 1. The second-order valence-corrected chi connectivity index (χ2v) is 7.88. The van der Waals surface area contributed by atoms with Crippen LogP contribution >= 0.6 is 11.8 Å². The maximum Gasteiger partial charge on any atom is 0.416 e. The van der Waals surface area contributed by atoms with Crippen molar-refractivity contribution in [3.05, 3.63) is 68.3 Å². The molecule has 1 saturated heterocycles. The van der Waals surface area contributed by atoms with Gasteiger partial charge in [-0.2, -0.15) is 13.2 Å². The van der Waals surface area contributed by atoms with E-state index in [9.17, 15) is 38.2 Å². The zero-order valence-electron chi connectivity index (χ0n) is 16.4. The van der Waals surface area contributed by atoms with Crippen molar-refractivity contribution in [1.82, 2.24) is 4.90 Å². The van der Waals surface area contributed by atoms with E-state index in [1.54, 1.807) is 17.0 Å². The van der Waals surface area contributed by atoms with E-state index >= 15 is 0 Å². The third-order valence-electron chi connectivity index (χ3n) is 4.89. The van der Waals surface area contributed by atoms with Crippen molar-refractivity contribution in [2.24, 2.45) is 0 Å². The predicted molar refractivity (Wildman–Crippen MR) is 111 cm³/mol. The number of nitro groups is 2. The van der Waals surface area contributed by atoms with Crippen molar-refractivity contribution in [2.45, 2.75) is 11.1 Å². The van der Waals surface area contributed by atoms with Gasteiger partial charge in [-0.15, -0.1) is 11.8 Å². The van der Waals surface area contributed by atoms with Crippen LogP contribution in [0.25, 0.3) is 0 Å². The van der Waals surface area contributed by atoms with Crippen molar-refractivity contribution in [1.29, 1.82) is 0 Å². The largest absolute Gasteiger partial charge is 0.416 e. The number of piperazine rings is 1. The van der Waals surface area contributed by atoms with E-state index in [0.29, 0.717) is 32.2 Å². The maximum atomic E-state index is 12.8. The summed E-state index contributed by atoms with van der Waals surface area (Å²) in [6.07, 6.45) is -4.70. The fraction of sp³-hybridized carbons (Fsp3) is 0.316. The number of hydrogen-bond donors (Lipinski definition) is 0. The van der Waals surface area contributed by atoms with Crippen LogP contribution < -0.4 is 4.90 Å². The summed E-state index contributed by atoms with van der Waals surface area (Å²) >= 11 is 0.820. The molecule has 170 valence electrons. The van der Waals surface area contributed by atoms with Gasteiger partial charge in [0.15, 0.2) is 0 Å². The predicted octanol–water partition coefficient (Wildman–Crippen LogP) is 3.96. The number of thioether (sulfide) groups is 1. The smallest absolute Gasteiger partial charge is 0.368 e. The van der Waals surface area contributed by atoms with Crippen LogP contribution in [0, 0.1) is 20.2 Å². The second kappa shape index (κ2) is 9.42. The number of carbonyl (C=O) groups excluding carboxylic acids is 1. The lowest BCUT2D eigenvalue weighted by Crippen LogP contribution is -2.49. The van der Waals surface area contributed by atoms with Gasteiger partial charge in [0, 0.05) is 50.1 Å². The van der Waals surface area contributed by atoms with Crippen LogP contribution in [0.2, 0.25) is 0 Å². The Morgan fingerprint density at radius 1 is 0.969 bits per heavy atom. The van der Waals surface area contributed by atoms with Crippen molar-refractivity contribution in [3.63, 3.8) is 0 Å². The number of amides is 1. The summed E-state index contributed by atoms with van der Waals surface area (Å²) in [5, 5.41) is 21.9. The number of rotatable bonds is 6. The van der Waals surface area contributed by atoms with Crippen LogP contribution in [-0.4, -0.2) is 52.6 Å². The van der Waals surface area contributed by atoms with Gasteiger partial charge in [0.05, 0.1) is 26.1 Å². The van der Waals surface area contributed by atoms with E-state index in [-0.39, 0.29) is 22.2 Å². The molecule has 3 rings (SSSR count). The molecule has 1 fully saturated rings. The van der Waals surface area contributed by atoms with E-state index < -0.39 is 27.3 Å². The highest BCUT2D eigenvalue weighted by molar-refractivity contribution is 8.00. The molecule has 0 aliphatic carbocycles. The number of nitro benzene ring substituents is 2. The zero-order valence-corrected chi connectivity index (χ0v) is 17.3. The molecule has 1 aliphatic heterocycles. The highest BCUT2D eigenvalue weighted by atomic mass is 32.2. The first kappa shape index (κ1) is 23.3. The standard InChI is InChI=1S/C19H17F3N4O5S/c20-19(21,22)13-1-6-17(16(11-13)26(30)31)32-12-18(27)24-9-7-23(8-10-24)14-2-4-15(5-3-14)25(28)29/h1-6,11H,7-10,12H2. The van der Waals surface area contributed by atoms with Gasteiger partial charge in [-0.1, -0.05) is 0 Å². The van der Waals surface area contributed by atoms with E-state index in [0.717, 1.165) is 29.6 Å². The molecule has 1 heterocycles. The van der Waals surface area contributed by atoms with Gasteiger partial charge in [-0.3, -0.25) is 25.0 Å². The first-order chi connectivity index (χ1) is 15.1. The summed E-state index contributed by atoms with van der Waals surface area (Å²) < 4.78 is 38.4. The highest BCUT2D eigenvalue weighted by Gasteiger charge is 2.33. The molecule has 2 aromatic rings. The molecule has 0 saturated carbocycles. The van der Waals surface area contributed by atoms with Crippen LogP contribution in [0.3, 0.4) is 0 Å². The number of hydrogen-bond acceptors (Lipinski definition) is 7.